The average Bonchev–Trinajstić information content (AvgIpc) is 3.32. The minimum absolute atomic E-state index is 0.00224. The molecule has 1 aliphatic rings. The Bertz CT molecular complexity index is 1720. The molecule has 0 aromatic heterocycles. The van der Waals surface area contributed by atoms with Gasteiger partial charge in [-0.1, -0.05) is 97.1 Å². The van der Waals surface area contributed by atoms with Crippen LogP contribution in [0.25, 0.3) is 0 Å². The van der Waals surface area contributed by atoms with E-state index in [-0.39, 0.29) is 68.8 Å². The van der Waals surface area contributed by atoms with Gasteiger partial charge in [-0.15, -0.1) is 0 Å². The number of allylic oxidation sites excluding steroid dienone is 2. The van der Waals surface area contributed by atoms with Gasteiger partial charge >= 0.3 is 11.9 Å². The number of rotatable bonds is 5. The van der Waals surface area contributed by atoms with Crippen LogP contribution in [0, 0.1) is 41.4 Å². The summed E-state index contributed by atoms with van der Waals surface area (Å²) in [4.78, 5) is 24.6. The fourth-order valence-corrected chi connectivity index (χ4v) is 9.03. The number of carbonyl (C=O) groups excluding carboxylic acids is 1. The Kier molecular flexibility index (Phi) is 32.4. The predicted molar refractivity (Wildman–Crippen MR) is 276 cm³/mol. The molecule has 15 N–H and O–H groups in total. The fraction of sp³-hybridized carbons (Fsp3) is 0.782. The molecule has 0 amide bonds. The number of carboxylic acids is 1. The average molecular weight is 1050 g/mol. The SMILES string of the molecule is CC1=CCCC(C)C(O)C(C)C(O)CCC=CC(C)C(O)C=CC(C)C(O)C(C)=CC(O)C(O)CC(O)CC(O)CC(O)C(C)C(O)C(C)C(O)CC(O)CC(O)C=CCC(C(C)C(O)CCC(=O)O)OC1=O. The molecule has 1 heterocycles. The van der Waals surface area contributed by atoms with Gasteiger partial charge in [0.25, 0.3) is 0 Å². The van der Waals surface area contributed by atoms with E-state index >= 15 is 0 Å². The van der Waals surface area contributed by atoms with Crippen molar-refractivity contribution in [1.82, 2.24) is 0 Å². The Morgan fingerprint density at radius 2 is 1.18 bits per heavy atom. The van der Waals surface area contributed by atoms with Gasteiger partial charge in [0.15, 0.2) is 0 Å². The third-order valence-electron chi connectivity index (χ3n) is 14.9. The van der Waals surface area contributed by atoms with E-state index in [9.17, 15) is 86.2 Å². The number of aliphatic hydroxyl groups excluding tert-OH is 14. The third kappa shape index (κ3) is 25.7. The Labute approximate surface area is 433 Å². The molecule has 0 saturated carbocycles. The second kappa shape index (κ2) is 34.7. The molecular weight excluding hydrogens is 949 g/mol. The summed E-state index contributed by atoms with van der Waals surface area (Å²) in [6.07, 6.45) is -5.42. The van der Waals surface area contributed by atoms with Crippen molar-refractivity contribution in [3.05, 3.63) is 59.8 Å². The maximum absolute atomic E-state index is 13.3. The van der Waals surface area contributed by atoms with Crippen molar-refractivity contribution < 1.29 is 90.9 Å². The molecule has 0 aromatic rings. The van der Waals surface area contributed by atoms with Crippen LogP contribution in [0.5, 0.6) is 0 Å². The van der Waals surface area contributed by atoms with Crippen molar-refractivity contribution in [1.29, 1.82) is 0 Å². The monoisotopic (exact) mass is 1040 g/mol. The van der Waals surface area contributed by atoms with Crippen LogP contribution in [-0.4, -0.2) is 180 Å². The van der Waals surface area contributed by atoms with E-state index in [4.69, 9.17) is 4.74 Å². The third-order valence-corrected chi connectivity index (χ3v) is 14.9. The minimum Gasteiger partial charge on any atom is -0.481 e. The summed E-state index contributed by atoms with van der Waals surface area (Å²) < 4.78 is 5.82. The number of esters is 1. The minimum atomic E-state index is -1.49. The van der Waals surface area contributed by atoms with Gasteiger partial charge in [0.05, 0.1) is 85.5 Å². The summed E-state index contributed by atoms with van der Waals surface area (Å²) in [6.45, 7) is 14.9. The van der Waals surface area contributed by atoms with Gasteiger partial charge in [0.2, 0.25) is 0 Å². The lowest BCUT2D eigenvalue weighted by atomic mass is 9.82. The molecule has 0 spiro atoms. The number of ether oxygens (including phenoxy) is 1. The highest BCUT2D eigenvalue weighted by molar-refractivity contribution is 5.87. The summed E-state index contributed by atoms with van der Waals surface area (Å²) in [5.41, 5.74) is 0.583. The first-order valence-electron chi connectivity index (χ1n) is 26.3. The number of carboxylic acid groups (broad SMARTS) is 1. The van der Waals surface area contributed by atoms with Crippen LogP contribution in [-0.2, 0) is 14.3 Å². The van der Waals surface area contributed by atoms with Crippen LogP contribution < -0.4 is 0 Å². The molecule has 22 atom stereocenters. The number of cyclic esters (lactones) is 1. The van der Waals surface area contributed by atoms with Crippen molar-refractivity contribution in [2.24, 2.45) is 41.4 Å². The van der Waals surface area contributed by atoms with Crippen molar-refractivity contribution in [3.63, 3.8) is 0 Å². The quantitative estimate of drug-likeness (QED) is 0.139. The topological polar surface area (TPSA) is 347 Å². The van der Waals surface area contributed by atoms with Crippen LogP contribution >= 0.6 is 0 Å². The molecule has 0 bridgehead atoms. The first-order valence-corrected chi connectivity index (χ1v) is 26.3. The summed E-state index contributed by atoms with van der Waals surface area (Å²) >= 11 is 0. The molecular formula is C55H96O18. The first-order chi connectivity index (χ1) is 34.0. The van der Waals surface area contributed by atoms with Crippen LogP contribution in [0.3, 0.4) is 0 Å². The van der Waals surface area contributed by atoms with Gasteiger partial charge in [-0.25, -0.2) is 4.79 Å². The molecule has 22 unspecified atom stereocenters. The van der Waals surface area contributed by atoms with Crippen LogP contribution in [0.15, 0.2) is 59.8 Å². The Balaban J connectivity index is 3.35. The van der Waals surface area contributed by atoms with E-state index in [1.165, 1.54) is 32.1 Å². The molecule has 0 fully saturated rings. The molecule has 0 saturated heterocycles. The van der Waals surface area contributed by atoms with Crippen molar-refractivity contribution in [2.45, 2.75) is 231 Å². The summed E-state index contributed by atoms with van der Waals surface area (Å²) in [5, 5.41) is 161. The smallest absolute Gasteiger partial charge is 0.333 e. The zero-order chi connectivity index (χ0) is 55.9. The Morgan fingerprint density at radius 1 is 0.630 bits per heavy atom. The lowest BCUT2D eigenvalue weighted by Gasteiger charge is -2.33. The molecule has 18 heteroatoms. The van der Waals surface area contributed by atoms with E-state index in [0.717, 1.165) is 0 Å². The number of aliphatic carboxylic acids is 1. The normalized spacial score (nSPS) is 39.4. The van der Waals surface area contributed by atoms with Crippen LogP contribution in [0.4, 0.5) is 0 Å². The molecule has 1 aliphatic heterocycles. The van der Waals surface area contributed by atoms with Gasteiger partial charge in [-0.2, -0.15) is 0 Å². The van der Waals surface area contributed by atoms with Crippen molar-refractivity contribution in [3.8, 4) is 0 Å². The molecule has 1 rings (SSSR count). The fourth-order valence-electron chi connectivity index (χ4n) is 9.03. The van der Waals surface area contributed by atoms with Crippen LogP contribution in [0.2, 0.25) is 0 Å². The summed E-state index contributed by atoms with van der Waals surface area (Å²) in [5.74, 6) is -5.91. The summed E-state index contributed by atoms with van der Waals surface area (Å²) in [6, 6.07) is 0. The van der Waals surface area contributed by atoms with E-state index in [0.29, 0.717) is 31.3 Å². The Morgan fingerprint density at radius 3 is 1.75 bits per heavy atom. The largest absolute Gasteiger partial charge is 0.481 e. The van der Waals surface area contributed by atoms with E-state index < -0.39 is 133 Å². The summed E-state index contributed by atoms with van der Waals surface area (Å²) in [7, 11) is 0. The number of carbonyl (C=O) groups is 2. The standard InChI is InChI=1S/C55H96O18/c1-30-14-10-11-18-44(61)36(7)53(70)31(2)15-12-16-33(4)55(72)73-50(35(6)45(62)22-23-51(67)68)19-13-17-39(56)25-40(57)27-46(63)37(8)54(71)38(9)47(64)28-41(58)26-42(59)29-49(66)48(65)24-34(5)52(69)32(3)20-21-43(30)60/h10,13-14,16-17,20-21,24,30-32,35-50,52-54,56-66,69-71H,11-12,15,18-19,22-23,25-29H2,1-9H3,(H,67,68). The molecule has 0 radical (unpaired) electrons. The van der Waals surface area contributed by atoms with E-state index in [2.05, 4.69) is 0 Å². The highest BCUT2D eigenvalue weighted by Gasteiger charge is 2.34. The predicted octanol–water partition coefficient (Wildman–Crippen LogP) is 2.74. The van der Waals surface area contributed by atoms with Gasteiger partial charge in [0, 0.05) is 66.8 Å². The molecule has 424 valence electrons. The van der Waals surface area contributed by atoms with Gasteiger partial charge in [-0.05, 0) is 76.7 Å². The maximum atomic E-state index is 13.3. The maximum Gasteiger partial charge on any atom is 0.333 e. The zero-order valence-electron chi connectivity index (χ0n) is 44.7. The zero-order valence-corrected chi connectivity index (χ0v) is 44.7. The number of aliphatic hydroxyl groups is 14. The molecule has 0 aromatic carbocycles. The van der Waals surface area contributed by atoms with E-state index in [1.807, 2.05) is 19.1 Å². The highest BCUT2D eigenvalue weighted by atomic mass is 16.5. The lowest BCUT2D eigenvalue weighted by molar-refractivity contribution is -0.149. The Hall–Kier alpha value is -2.92. The highest BCUT2D eigenvalue weighted by Crippen LogP contribution is 2.28. The van der Waals surface area contributed by atoms with Crippen molar-refractivity contribution in [2.75, 3.05) is 0 Å². The second-order valence-electron chi connectivity index (χ2n) is 21.4. The van der Waals surface area contributed by atoms with Gasteiger partial charge < -0.3 is 81.3 Å². The van der Waals surface area contributed by atoms with Gasteiger partial charge in [-0.3, -0.25) is 4.79 Å². The molecule has 73 heavy (non-hydrogen) atoms. The van der Waals surface area contributed by atoms with E-state index in [1.54, 1.807) is 59.8 Å². The number of hydrogen-bond acceptors (Lipinski definition) is 17. The lowest BCUT2D eigenvalue weighted by Crippen LogP contribution is -2.41. The number of hydrogen-bond donors (Lipinski definition) is 15. The molecule has 0 aliphatic carbocycles. The molecule has 18 nitrogen and oxygen atoms in total. The second-order valence-corrected chi connectivity index (χ2v) is 21.4. The van der Waals surface area contributed by atoms with Crippen LogP contribution in [0.1, 0.15) is 139 Å². The first kappa shape index (κ1) is 68.1. The van der Waals surface area contributed by atoms with Gasteiger partial charge in [0.1, 0.15) is 6.10 Å². The van der Waals surface area contributed by atoms with Crippen molar-refractivity contribution >= 4 is 11.9 Å².